The third kappa shape index (κ3) is 2.32. The van der Waals surface area contributed by atoms with Crippen molar-refractivity contribution in [2.45, 2.75) is 12.6 Å². The molecule has 2 N–H and O–H groups in total. The molecule has 0 saturated carbocycles. The molecule has 4 nitrogen and oxygen atoms in total. The summed E-state index contributed by atoms with van der Waals surface area (Å²) in [6.07, 6.45) is 3.73. The van der Waals surface area contributed by atoms with Crippen LogP contribution < -0.4 is 5.32 Å². The van der Waals surface area contributed by atoms with Crippen LogP contribution in [0.25, 0.3) is 10.7 Å². The number of rotatable bonds is 5. The van der Waals surface area contributed by atoms with Crippen molar-refractivity contribution in [2.75, 3.05) is 13.7 Å². The Kier molecular flexibility index (Phi) is 3.71. The minimum absolute atomic E-state index is 0.0629. The van der Waals surface area contributed by atoms with Crippen molar-refractivity contribution < 1.29 is 5.11 Å². The summed E-state index contributed by atoms with van der Waals surface area (Å²) in [6.45, 7) is 0.846. The lowest BCUT2D eigenvalue weighted by atomic mass is 10.3. The second-order valence-electron chi connectivity index (χ2n) is 3.55. The van der Waals surface area contributed by atoms with Crippen LogP contribution in [0, 0.1) is 0 Å². The van der Waals surface area contributed by atoms with E-state index < -0.39 is 0 Å². The average Bonchev–Trinajstić information content (AvgIpc) is 2.95. The van der Waals surface area contributed by atoms with E-state index in [1.807, 2.05) is 24.7 Å². The van der Waals surface area contributed by atoms with Gasteiger partial charge in [0.25, 0.3) is 0 Å². The lowest BCUT2D eigenvalue weighted by Crippen LogP contribution is -2.33. The Morgan fingerprint density at radius 3 is 3.12 bits per heavy atom. The molecule has 0 aliphatic heterocycles. The fourth-order valence-corrected chi connectivity index (χ4v) is 2.30. The maximum absolute atomic E-state index is 9.15. The minimum atomic E-state index is 0.0629. The van der Waals surface area contributed by atoms with E-state index in [-0.39, 0.29) is 12.6 Å². The summed E-state index contributed by atoms with van der Waals surface area (Å²) in [6, 6.07) is 4.13. The topological polar surface area (TPSA) is 50.1 Å². The van der Waals surface area contributed by atoms with Crippen LogP contribution in [0.1, 0.15) is 0 Å². The quantitative estimate of drug-likeness (QED) is 0.821. The van der Waals surface area contributed by atoms with Crippen molar-refractivity contribution in [1.82, 2.24) is 14.9 Å². The van der Waals surface area contributed by atoms with Crippen LogP contribution in [-0.4, -0.2) is 34.4 Å². The summed E-state index contributed by atoms with van der Waals surface area (Å²) in [5.41, 5.74) is 0. The van der Waals surface area contributed by atoms with E-state index in [0.717, 1.165) is 17.2 Å². The Labute approximate surface area is 98.6 Å². The third-order valence-corrected chi connectivity index (χ3v) is 3.37. The van der Waals surface area contributed by atoms with Gasteiger partial charge in [-0.3, -0.25) is 0 Å². The van der Waals surface area contributed by atoms with E-state index in [1.165, 1.54) is 0 Å². The molecule has 2 rings (SSSR count). The first-order valence-corrected chi connectivity index (χ1v) is 6.06. The predicted molar refractivity (Wildman–Crippen MR) is 65.5 cm³/mol. The summed E-state index contributed by atoms with van der Waals surface area (Å²) in [7, 11) is 1.85. The second kappa shape index (κ2) is 5.25. The van der Waals surface area contributed by atoms with Gasteiger partial charge < -0.3 is 15.0 Å². The van der Waals surface area contributed by atoms with E-state index in [0.29, 0.717) is 0 Å². The van der Waals surface area contributed by atoms with Gasteiger partial charge in [-0.2, -0.15) is 0 Å². The number of imidazole rings is 1. The Balaban J connectivity index is 2.19. The van der Waals surface area contributed by atoms with Crippen LogP contribution in [0.3, 0.4) is 0 Å². The van der Waals surface area contributed by atoms with Crippen molar-refractivity contribution in [3.63, 3.8) is 0 Å². The zero-order valence-electron chi connectivity index (χ0n) is 9.13. The molecule has 0 amide bonds. The van der Waals surface area contributed by atoms with E-state index in [9.17, 15) is 0 Å². The number of aliphatic hydroxyl groups is 1. The Morgan fingerprint density at radius 1 is 1.62 bits per heavy atom. The molecular formula is C11H15N3OS. The Hall–Kier alpha value is -1.17. The molecule has 0 saturated heterocycles. The van der Waals surface area contributed by atoms with Gasteiger partial charge in [-0.25, -0.2) is 4.98 Å². The van der Waals surface area contributed by atoms with E-state index in [1.54, 1.807) is 17.5 Å². The lowest BCUT2D eigenvalue weighted by molar-refractivity contribution is 0.236. The van der Waals surface area contributed by atoms with Crippen LogP contribution >= 0.6 is 11.3 Å². The van der Waals surface area contributed by atoms with Crippen molar-refractivity contribution in [2.24, 2.45) is 0 Å². The number of nitrogens with one attached hydrogen (secondary N) is 1. The van der Waals surface area contributed by atoms with Crippen molar-refractivity contribution >= 4 is 11.3 Å². The number of hydrogen-bond donors (Lipinski definition) is 2. The lowest BCUT2D eigenvalue weighted by Gasteiger charge is -2.15. The molecule has 0 radical (unpaired) electrons. The van der Waals surface area contributed by atoms with Gasteiger partial charge in [0.05, 0.1) is 11.5 Å². The van der Waals surface area contributed by atoms with Gasteiger partial charge in [0.1, 0.15) is 5.82 Å². The van der Waals surface area contributed by atoms with Crippen LogP contribution in [0.5, 0.6) is 0 Å². The fraction of sp³-hybridized carbons (Fsp3) is 0.364. The summed E-state index contributed by atoms with van der Waals surface area (Å²) >= 11 is 1.67. The number of aliphatic hydroxyl groups excluding tert-OH is 1. The highest BCUT2D eigenvalue weighted by atomic mass is 32.1. The molecular weight excluding hydrogens is 222 g/mol. The highest BCUT2D eigenvalue weighted by Gasteiger charge is 2.10. The number of likely N-dealkylation sites (N-methyl/N-ethyl adjacent to an activating group) is 1. The highest BCUT2D eigenvalue weighted by molar-refractivity contribution is 7.13. The molecule has 0 aromatic carbocycles. The fourth-order valence-electron chi connectivity index (χ4n) is 1.57. The smallest absolute Gasteiger partial charge is 0.150 e. The first-order valence-electron chi connectivity index (χ1n) is 5.18. The molecule has 0 spiro atoms. The van der Waals surface area contributed by atoms with Crippen molar-refractivity contribution in [3.8, 4) is 10.7 Å². The van der Waals surface area contributed by atoms with Crippen molar-refractivity contribution in [3.05, 3.63) is 29.9 Å². The second-order valence-corrected chi connectivity index (χ2v) is 4.50. The van der Waals surface area contributed by atoms with Crippen LogP contribution in [-0.2, 0) is 6.54 Å². The molecule has 2 aromatic rings. The molecule has 16 heavy (non-hydrogen) atoms. The zero-order valence-corrected chi connectivity index (χ0v) is 9.94. The molecule has 2 aromatic heterocycles. The molecule has 1 atom stereocenters. The standard InChI is InChI=1S/C11H15N3OS/c1-12-9(8-15)7-14-5-4-13-11(14)10-3-2-6-16-10/h2-6,9,12,15H,7-8H2,1H3. The van der Waals surface area contributed by atoms with E-state index in [4.69, 9.17) is 5.11 Å². The largest absolute Gasteiger partial charge is 0.395 e. The first-order chi connectivity index (χ1) is 7.85. The Morgan fingerprint density at radius 2 is 2.50 bits per heavy atom. The number of aromatic nitrogens is 2. The zero-order chi connectivity index (χ0) is 11.4. The summed E-state index contributed by atoms with van der Waals surface area (Å²) in [4.78, 5) is 5.50. The molecule has 5 heteroatoms. The van der Waals surface area contributed by atoms with Gasteiger partial charge in [-0.1, -0.05) is 6.07 Å². The summed E-state index contributed by atoms with van der Waals surface area (Å²) in [5.74, 6) is 0.962. The third-order valence-electron chi connectivity index (χ3n) is 2.50. The van der Waals surface area contributed by atoms with Gasteiger partial charge >= 0.3 is 0 Å². The SMILES string of the molecule is CNC(CO)Cn1ccnc1-c1cccs1. The van der Waals surface area contributed by atoms with Gasteiger partial charge in [-0.05, 0) is 18.5 Å². The molecule has 0 aliphatic carbocycles. The molecule has 0 fully saturated rings. The predicted octanol–water partition coefficient (Wildman–Crippen LogP) is 1.19. The number of thiophene rings is 1. The molecule has 2 heterocycles. The molecule has 1 unspecified atom stereocenters. The van der Waals surface area contributed by atoms with Gasteiger partial charge in [-0.15, -0.1) is 11.3 Å². The minimum Gasteiger partial charge on any atom is -0.395 e. The highest BCUT2D eigenvalue weighted by Crippen LogP contribution is 2.22. The van der Waals surface area contributed by atoms with Crippen LogP contribution in [0.2, 0.25) is 0 Å². The molecule has 86 valence electrons. The molecule has 0 bridgehead atoms. The average molecular weight is 237 g/mol. The monoisotopic (exact) mass is 237 g/mol. The van der Waals surface area contributed by atoms with Crippen LogP contribution in [0.4, 0.5) is 0 Å². The maximum Gasteiger partial charge on any atom is 0.150 e. The van der Waals surface area contributed by atoms with Gasteiger partial charge in [0, 0.05) is 25.0 Å². The van der Waals surface area contributed by atoms with Gasteiger partial charge in [0.2, 0.25) is 0 Å². The number of nitrogens with zero attached hydrogens (tertiary/aromatic N) is 2. The normalized spacial score (nSPS) is 12.9. The van der Waals surface area contributed by atoms with Gasteiger partial charge in [0.15, 0.2) is 0 Å². The number of hydrogen-bond acceptors (Lipinski definition) is 4. The molecule has 0 aliphatic rings. The Bertz CT molecular complexity index is 420. The summed E-state index contributed by atoms with van der Waals surface area (Å²) in [5, 5.41) is 14.3. The van der Waals surface area contributed by atoms with Crippen molar-refractivity contribution in [1.29, 1.82) is 0 Å². The van der Waals surface area contributed by atoms with E-state index in [2.05, 4.69) is 20.9 Å². The first kappa shape index (κ1) is 11.3. The summed E-state index contributed by atoms with van der Waals surface area (Å²) < 4.78 is 2.06. The van der Waals surface area contributed by atoms with Crippen LogP contribution in [0.15, 0.2) is 29.9 Å². The maximum atomic E-state index is 9.15. The van der Waals surface area contributed by atoms with E-state index >= 15 is 0 Å².